The molecular formula is C11H9ClN2O2S. The standard InChI is InChI=1S/C11H9ClN2O2S/c12-7-4-2-1-3-6(7)10-9(11(15)16)14-8(5-13)17-10/h1-4H,5,13H2,(H,15,16). The molecular weight excluding hydrogens is 260 g/mol. The highest BCUT2D eigenvalue weighted by Crippen LogP contribution is 2.34. The van der Waals surface area contributed by atoms with Gasteiger partial charge in [0.15, 0.2) is 5.69 Å². The van der Waals surface area contributed by atoms with Crippen molar-refractivity contribution in [3.8, 4) is 10.4 Å². The smallest absolute Gasteiger partial charge is 0.356 e. The summed E-state index contributed by atoms with van der Waals surface area (Å²) in [5, 5.41) is 10.2. The van der Waals surface area contributed by atoms with E-state index in [-0.39, 0.29) is 12.2 Å². The van der Waals surface area contributed by atoms with E-state index in [4.69, 9.17) is 22.4 Å². The summed E-state index contributed by atoms with van der Waals surface area (Å²) in [6.45, 7) is 0.218. The third-order valence-electron chi connectivity index (χ3n) is 2.17. The average Bonchev–Trinajstić information content (AvgIpc) is 2.73. The number of carbonyl (C=O) groups is 1. The summed E-state index contributed by atoms with van der Waals surface area (Å²) >= 11 is 7.30. The summed E-state index contributed by atoms with van der Waals surface area (Å²) < 4.78 is 0. The molecule has 4 nitrogen and oxygen atoms in total. The van der Waals surface area contributed by atoms with Crippen LogP contribution in [0.25, 0.3) is 10.4 Å². The molecule has 1 aromatic carbocycles. The van der Waals surface area contributed by atoms with Gasteiger partial charge in [0, 0.05) is 17.1 Å². The van der Waals surface area contributed by atoms with E-state index in [2.05, 4.69) is 4.98 Å². The number of nitrogens with two attached hydrogens (primary N) is 1. The molecule has 0 aliphatic rings. The van der Waals surface area contributed by atoms with Gasteiger partial charge in [-0.3, -0.25) is 0 Å². The lowest BCUT2D eigenvalue weighted by Gasteiger charge is -2.01. The molecule has 1 heterocycles. The fourth-order valence-electron chi connectivity index (χ4n) is 1.42. The van der Waals surface area contributed by atoms with Crippen molar-refractivity contribution in [1.29, 1.82) is 0 Å². The molecule has 0 saturated carbocycles. The number of aromatic nitrogens is 1. The van der Waals surface area contributed by atoms with Crippen molar-refractivity contribution >= 4 is 28.9 Å². The molecule has 0 saturated heterocycles. The van der Waals surface area contributed by atoms with Crippen LogP contribution < -0.4 is 5.73 Å². The van der Waals surface area contributed by atoms with Crippen LogP contribution in [-0.4, -0.2) is 16.1 Å². The van der Waals surface area contributed by atoms with E-state index in [1.807, 2.05) is 0 Å². The highest BCUT2D eigenvalue weighted by Gasteiger charge is 2.19. The van der Waals surface area contributed by atoms with Crippen molar-refractivity contribution in [2.45, 2.75) is 6.54 Å². The van der Waals surface area contributed by atoms with Crippen LogP contribution in [0.2, 0.25) is 5.02 Å². The number of hydrogen-bond donors (Lipinski definition) is 2. The van der Waals surface area contributed by atoms with Crippen LogP contribution in [0.3, 0.4) is 0 Å². The van der Waals surface area contributed by atoms with Crippen LogP contribution in [0.4, 0.5) is 0 Å². The maximum Gasteiger partial charge on any atom is 0.356 e. The molecule has 2 rings (SSSR count). The Balaban J connectivity index is 2.62. The Morgan fingerprint density at radius 3 is 2.76 bits per heavy atom. The minimum absolute atomic E-state index is 0.00329. The molecule has 0 unspecified atom stereocenters. The molecule has 0 aliphatic heterocycles. The van der Waals surface area contributed by atoms with Crippen molar-refractivity contribution < 1.29 is 9.90 Å². The summed E-state index contributed by atoms with van der Waals surface area (Å²) in [6, 6.07) is 7.07. The molecule has 0 aliphatic carbocycles. The van der Waals surface area contributed by atoms with E-state index in [0.717, 1.165) is 0 Å². The van der Waals surface area contributed by atoms with Gasteiger partial charge >= 0.3 is 5.97 Å². The van der Waals surface area contributed by atoms with Crippen LogP contribution in [0.15, 0.2) is 24.3 Å². The van der Waals surface area contributed by atoms with Crippen LogP contribution in [0.1, 0.15) is 15.5 Å². The average molecular weight is 269 g/mol. The van der Waals surface area contributed by atoms with E-state index in [9.17, 15) is 4.79 Å². The summed E-state index contributed by atoms with van der Waals surface area (Å²) in [5.41, 5.74) is 6.14. The highest BCUT2D eigenvalue weighted by atomic mass is 35.5. The van der Waals surface area contributed by atoms with Crippen molar-refractivity contribution in [3.05, 3.63) is 40.0 Å². The number of nitrogens with zero attached hydrogens (tertiary/aromatic N) is 1. The van der Waals surface area contributed by atoms with E-state index in [0.29, 0.717) is 20.5 Å². The number of rotatable bonds is 3. The highest BCUT2D eigenvalue weighted by molar-refractivity contribution is 7.15. The van der Waals surface area contributed by atoms with Crippen molar-refractivity contribution in [2.75, 3.05) is 0 Å². The lowest BCUT2D eigenvalue weighted by Crippen LogP contribution is -2.01. The molecule has 2 aromatic rings. The Kier molecular flexibility index (Phi) is 3.42. The maximum atomic E-state index is 11.1. The quantitative estimate of drug-likeness (QED) is 0.897. The second-order valence-electron chi connectivity index (χ2n) is 3.27. The number of thiazole rings is 1. The predicted molar refractivity (Wildman–Crippen MR) is 67.4 cm³/mol. The van der Waals surface area contributed by atoms with Gasteiger partial charge in [-0.25, -0.2) is 9.78 Å². The van der Waals surface area contributed by atoms with Gasteiger partial charge in [0.25, 0.3) is 0 Å². The summed E-state index contributed by atoms with van der Waals surface area (Å²) in [7, 11) is 0. The maximum absolute atomic E-state index is 11.1. The Bertz CT molecular complexity index is 568. The second kappa shape index (κ2) is 4.83. The zero-order chi connectivity index (χ0) is 12.4. The van der Waals surface area contributed by atoms with Gasteiger partial charge in [0.05, 0.1) is 4.88 Å². The first kappa shape index (κ1) is 12.0. The Hall–Kier alpha value is -1.43. The Labute approximate surface area is 107 Å². The minimum Gasteiger partial charge on any atom is -0.476 e. The Morgan fingerprint density at radius 1 is 1.47 bits per heavy atom. The monoisotopic (exact) mass is 268 g/mol. The summed E-state index contributed by atoms with van der Waals surface area (Å²) in [5.74, 6) is -1.07. The Morgan fingerprint density at radius 2 is 2.18 bits per heavy atom. The molecule has 0 spiro atoms. The normalized spacial score (nSPS) is 10.5. The first-order chi connectivity index (χ1) is 8.13. The first-order valence-electron chi connectivity index (χ1n) is 4.81. The van der Waals surface area contributed by atoms with E-state index >= 15 is 0 Å². The largest absolute Gasteiger partial charge is 0.476 e. The molecule has 0 bridgehead atoms. The van der Waals surface area contributed by atoms with Gasteiger partial charge < -0.3 is 10.8 Å². The van der Waals surface area contributed by atoms with Crippen LogP contribution in [-0.2, 0) is 6.54 Å². The molecule has 6 heteroatoms. The molecule has 3 N–H and O–H groups in total. The number of carboxylic acids is 1. The number of hydrogen-bond acceptors (Lipinski definition) is 4. The lowest BCUT2D eigenvalue weighted by molar-refractivity contribution is 0.0692. The second-order valence-corrected chi connectivity index (χ2v) is 4.77. The topological polar surface area (TPSA) is 76.2 Å². The molecule has 17 heavy (non-hydrogen) atoms. The first-order valence-corrected chi connectivity index (χ1v) is 6.01. The number of aromatic carboxylic acids is 1. The van der Waals surface area contributed by atoms with Crippen molar-refractivity contribution in [2.24, 2.45) is 5.73 Å². The third kappa shape index (κ3) is 2.31. The van der Waals surface area contributed by atoms with Crippen molar-refractivity contribution in [3.63, 3.8) is 0 Å². The third-order valence-corrected chi connectivity index (χ3v) is 3.61. The summed E-state index contributed by atoms with van der Waals surface area (Å²) in [4.78, 5) is 15.6. The van der Waals surface area contributed by atoms with E-state index in [1.54, 1.807) is 24.3 Å². The van der Waals surface area contributed by atoms with Gasteiger partial charge in [-0.05, 0) is 6.07 Å². The minimum atomic E-state index is -1.07. The van der Waals surface area contributed by atoms with Gasteiger partial charge in [-0.1, -0.05) is 29.8 Å². The van der Waals surface area contributed by atoms with Gasteiger partial charge in [-0.15, -0.1) is 11.3 Å². The lowest BCUT2D eigenvalue weighted by atomic mass is 10.1. The molecule has 0 atom stereocenters. The van der Waals surface area contributed by atoms with E-state index < -0.39 is 5.97 Å². The van der Waals surface area contributed by atoms with Crippen LogP contribution >= 0.6 is 22.9 Å². The van der Waals surface area contributed by atoms with Crippen LogP contribution in [0, 0.1) is 0 Å². The zero-order valence-corrected chi connectivity index (χ0v) is 10.3. The fourth-order valence-corrected chi connectivity index (χ4v) is 2.68. The van der Waals surface area contributed by atoms with Gasteiger partial charge in [0.2, 0.25) is 0 Å². The molecule has 1 aromatic heterocycles. The summed E-state index contributed by atoms with van der Waals surface area (Å²) in [6.07, 6.45) is 0. The SMILES string of the molecule is NCc1nc(C(=O)O)c(-c2ccccc2Cl)s1. The van der Waals surface area contributed by atoms with Gasteiger partial charge in [-0.2, -0.15) is 0 Å². The fraction of sp³-hybridized carbons (Fsp3) is 0.0909. The number of benzene rings is 1. The molecule has 0 radical (unpaired) electrons. The molecule has 88 valence electrons. The predicted octanol–water partition coefficient (Wildman–Crippen LogP) is 2.62. The molecule has 0 fully saturated rings. The number of carboxylic acid groups (broad SMARTS) is 1. The van der Waals surface area contributed by atoms with E-state index in [1.165, 1.54) is 11.3 Å². The van der Waals surface area contributed by atoms with Crippen LogP contribution in [0.5, 0.6) is 0 Å². The zero-order valence-electron chi connectivity index (χ0n) is 8.68. The number of halogens is 1. The molecule has 0 amide bonds. The van der Waals surface area contributed by atoms with Crippen molar-refractivity contribution in [1.82, 2.24) is 4.98 Å². The van der Waals surface area contributed by atoms with Gasteiger partial charge in [0.1, 0.15) is 5.01 Å².